The molecule has 2 N–H and O–H groups in total. The van der Waals surface area contributed by atoms with E-state index in [9.17, 15) is 9.59 Å². The summed E-state index contributed by atoms with van der Waals surface area (Å²) in [6.45, 7) is 2.51. The molecule has 3 atom stereocenters. The van der Waals surface area contributed by atoms with Crippen LogP contribution in [0, 0.1) is 0 Å². The molecule has 9 heteroatoms. The van der Waals surface area contributed by atoms with Gasteiger partial charge < -0.3 is 15.2 Å². The Hall–Kier alpha value is -3.30. The van der Waals surface area contributed by atoms with Crippen LogP contribution in [0.4, 0.5) is 0 Å². The Morgan fingerprint density at radius 2 is 2.06 bits per heavy atom. The van der Waals surface area contributed by atoms with Crippen molar-refractivity contribution in [3.8, 4) is 0 Å². The van der Waals surface area contributed by atoms with Gasteiger partial charge in [0, 0.05) is 57.6 Å². The standard InChI is InChI=1S/C26H33N7O2/c1-31-19(9-10-24(34)28-15-18-6-5-12-27-14-18)16-29-26(35)25-22(31)11-13-33(25)17-23-30-20-7-3-4-8-21(20)32(23)2/h3-8,12,14,19,22,25H,9-11,13,15-17H2,1-2H3,(H,28,34)(H,29,35)/t19-,22+,25-/m0/s1. The number of pyridine rings is 1. The van der Waals surface area contributed by atoms with Crippen LogP contribution >= 0.6 is 0 Å². The van der Waals surface area contributed by atoms with Crippen LogP contribution in [0.25, 0.3) is 11.0 Å². The maximum absolute atomic E-state index is 13.2. The number of carbonyl (C=O) groups excluding carboxylic acids is 2. The molecular weight excluding hydrogens is 442 g/mol. The number of nitrogens with zero attached hydrogens (tertiary/aromatic N) is 5. The Morgan fingerprint density at radius 1 is 1.20 bits per heavy atom. The van der Waals surface area contributed by atoms with Crippen molar-refractivity contribution < 1.29 is 9.59 Å². The largest absolute Gasteiger partial charge is 0.353 e. The van der Waals surface area contributed by atoms with Gasteiger partial charge in [-0.2, -0.15) is 0 Å². The Labute approximate surface area is 205 Å². The molecule has 9 nitrogen and oxygen atoms in total. The molecule has 0 unspecified atom stereocenters. The van der Waals surface area contributed by atoms with E-state index in [-0.39, 0.29) is 29.9 Å². The quantitative estimate of drug-likeness (QED) is 0.537. The average molecular weight is 476 g/mol. The summed E-state index contributed by atoms with van der Waals surface area (Å²) in [5, 5.41) is 6.12. The number of fused-ring (bicyclic) bond motifs is 2. The zero-order valence-electron chi connectivity index (χ0n) is 20.4. The number of carbonyl (C=O) groups is 2. The van der Waals surface area contributed by atoms with E-state index < -0.39 is 0 Å². The first-order chi connectivity index (χ1) is 17.0. The summed E-state index contributed by atoms with van der Waals surface area (Å²) >= 11 is 0. The third-order valence-electron chi connectivity index (χ3n) is 7.49. The fourth-order valence-electron chi connectivity index (χ4n) is 5.43. The van der Waals surface area contributed by atoms with E-state index in [4.69, 9.17) is 4.98 Å². The topological polar surface area (TPSA) is 95.4 Å². The smallest absolute Gasteiger partial charge is 0.239 e. The monoisotopic (exact) mass is 475 g/mol. The molecule has 2 aliphatic rings. The van der Waals surface area contributed by atoms with E-state index in [1.165, 1.54) is 0 Å². The van der Waals surface area contributed by atoms with Gasteiger partial charge in [0.2, 0.25) is 11.8 Å². The lowest BCUT2D eigenvalue weighted by molar-refractivity contribution is -0.126. The van der Waals surface area contributed by atoms with Gasteiger partial charge >= 0.3 is 0 Å². The summed E-state index contributed by atoms with van der Waals surface area (Å²) in [6, 6.07) is 11.9. The predicted molar refractivity (Wildman–Crippen MR) is 133 cm³/mol. The number of benzene rings is 1. The lowest BCUT2D eigenvalue weighted by atomic mass is 10.0. The summed E-state index contributed by atoms with van der Waals surface area (Å²) in [5.41, 5.74) is 3.06. The minimum absolute atomic E-state index is 0.0178. The van der Waals surface area contributed by atoms with Crippen LogP contribution in [0.2, 0.25) is 0 Å². The number of rotatable bonds is 7. The first-order valence-electron chi connectivity index (χ1n) is 12.3. The molecule has 184 valence electrons. The number of para-hydroxylation sites is 2. The maximum atomic E-state index is 13.2. The summed E-state index contributed by atoms with van der Waals surface area (Å²) in [5.74, 6) is 1.05. The predicted octanol–water partition coefficient (Wildman–Crippen LogP) is 1.44. The van der Waals surface area contributed by atoms with Gasteiger partial charge in [0.25, 0.3) is 0 Å². The lowest BCUT2D eigenvalue weighted by Gasteiger charge is -2.33. The van der Waals surface area contributed by atoms with Crippen molar-refractivity contribution in [2.75, 3.05) is 20.1 Å². The Kier molecular flexibility index (Phi) is 6.79. The zero-order valence-corrected chi connectivity index (χ0v) is 20.4. The van der Waals surface area contributed by atoms with E-state index in [2.05, 4.69) is 43.1 Å². The molecule has 1 aromatic carbocycles. The van der Waals surface area contributed by atoms with E-state index >= 15 is 0 Å². The van der Waals surface area contributed by atoms with Crippen molar-refractivity contribution >= 4 is 22.8 Å². The third-order valence-corrected chi connectivity index (χ3v) is 7.49. The molecule has 0 spiro atoms. The Balaban J connectivity index is 1.20. The van der Waals surface area contributed by atoms with Crippen LogP contribution in [0.5, 0.6) is 0 Å². The van der Waals surface area contributed by atoms with Crippen LogP contribution in [-0.2, 0) is 29.7 Å². The number of likely N-dealkylation sites (tertiary alicyclic amines) is 1. The van der Waals surface area contributed by atoms with Gasteiger partial charge in [0.15, 0.2) is 0 Å². The number of aryl methyl sites for hydroxylation is 1. The number of imidazole rings is 1. The highest BCUT2D eigenvalue weighted by Gasteiger charge is 2.45. The average Bonchev–Trinajstić information content (AvgIpc) is 3.40. The van der Waals surface area contributed by atoms with Crippen molar-refractivity contribution in [2.45, 2.75) is 50.5 Å². The second kappa shape index (κ2) is 10.1. The van der Waals surface area contributed by atoms with Crippen molar-refractivity contribution in [2.24, 2.45) is 7.05 Å². The fourth-order valence-corrected chi connectivity index (χ4v) is 5.43. The summed E-state index contributed by atoms with van der Waals surface area (Å²) < 4.78 is 2.12. The van der Waals surface area contributed by atoms with Crippen LogP contribution in [-0.4, -0.2) is 74.4 Å². The molecule has 0 radical (unpaired) electrons. The normalized spacial score (nSPS) is 23.1. The SMILES string of the molecule is CN1[C@@H](CCC(=O)NCc2cccnc2)CNC(=O)[C@@H]2[C@H]1CCN2Cc1nc2ccccc2n1C. The number of amides is 2. The highest BCUT2D eigenvalue weighted by molar-refractivity contribution is 5.83. The van der Waals surface area contributed by atoms with Crippen LogP contribution < -0.4 is 10.6 Å². The van der Waals surface area contributed by atoms with Crippen LogP contribution in [0.15, 0.2) is 48.8 Å². The molecule has 35 heavy (non-hydrogen) atoms. The molecule has 5 rings (SSSR count). The molecule has 2 aromatic heterocycles. The van der Waals surface area contributed by atoms with Gasteiger partial charge in [-0.05, 0) is 43.7 Å². The minimum atomic E-state index is -0.218. The second-order valence-corrected chi connectivity index (χ2v) is 9.59. The minimum Gasteiger partial charge on any atom is -0.353 e. The number of hydrogen-bond acceptors (Lipinski definition) is 6. The Bertz CT molecular complexity index is 1190. The zero-order chi connectivity index (χ0) is 24.4. The maximum Gasteiger partial charge on any atom is 0.239 e. The van der Waals surface area contributed by atoms with E-state index in [1.54, 1.807) is 12.4 Å². The molecule has 3 aromatic rings. The van der Waals surface area contributed by atoms with Crippen LogP contribution in [0.1, 0.15) is 30.7 Å². The molecule has 2 aliphatic heterocycles. The van der Waals surface area contributed by atoms with E-state index in [1.807, 2.05) is 37.4 Å². The van der Waals surface area contributed by atoms with E-state index in [0.29, 0.717) is 32.5 Å². The number of hydrogen-bond donors (Lipinski definition) is 2. The van der Waals surface area contributed by atoms with Gasteiger partial charge in [0.1, 0.15) is 11.9 Å². The molecular formula is C26H33N7O2. The molecule has 0 aliphatic carbocycles. The van der Waals surface area contributed by atoms with Crippen molar-refractivity contribution in [3.63, 3.8) is 0 Å². The van der Waals surface area contributed by atoms with Gasteiger partial charge in [-0.3, -0.25) is 24.4 Å². The van der Waals surface area contributed by atoms with Gasteiger partial charge in [-0.15, -0.1) is 0 Å². The first-order valence-corrected chi connectivity index (χ1v) is 12.3. The third kappa shape index (κ3) is 4.92. The Morgan fingerprint density at radius 3 is 2.86 bits per heavy atom. The van der Waals surface area contributed by atoms with E-state index in [0.717, 1.165) is 35.4 Å². The van der Waals surface area contributed by atoms with Crippen molar-refractivity contribution in [1.82, 2.24) is 35.0 Å². The molecule has 2 saturated heterocycles. The number of nitrogens with one attached hydrogen (secondary N) is 2. The summed E-state index contributed by atoms with van der Waals surface area (Å²) in [6.07, 6.45) is 5.52. The fraction of sp³-hybridized carbons (Fsp3) is 0.462. The van der Waals surface area contributed by atoms with Gasteiger partial charge in [-0.1, -0.05) is 18.2 Å². The van der Waals surface area contributed by atoms with Crippen molar-refractivity contribution in [3.05, 3.63) is 60.2 Å². The van der Waals surface area contributed by atoms with Gasteiger partial charge in [-0.25, -0.2) is 4.98 Å². The van der Waals surface area contributed by atoms with Crippen LogP contribution in [0.3, 0.4) is 0 Å². The molecule has 0 saturated carbocycles. The van der Waals surface area contributed by atoms with Gasteiger partial charge in [0.05, 0.1) is 17.6 Å². The lowest BCUT2D eigenvalue weighted by Crippen LogP contribution is -2.49. The molecule has 0 bridgehead atoms. The highest BCUT2D eigenvalue weighted by Crippen LogP contribution is 2.29. The summed E-state index contributed by atoms with van der Waals surface area (Å²) in [4.78, 5) is 39.1. The number of aromatic nitrogens is 3. The summed E-state index contributed by atoms with van der Waals surface area (Å²) in [7, 11) is 4.13. The molecule has 2 fully saturated rings. The second-order valence-electron chi connectivity index (χ2n) is 9.59. The number of likely N-dealkylation sites (N-methyl/N-ethyl adjacent to an activating group) is 1. The first kappa shape index (κ1) is 23.4. The highest BCUT2D eigenvalue weighted by atomic mass is 16.2. The molecule has 4 heterocycles. The van der Waals surface area contributed by atoms with Crippen molar-refractivity contribution in [1.29, 1.82) is 0 Å². The molecule has 2 amide bonds.